The van der Waals surface area contributed by atoms with E-state index in [1.54, 1.807) is 0 Å². The molecule has 0 aliphatic rings. The first-order chi connectivity index (χ1) is 9.90. The average molecular weight is 306 g/mol. The second-order valence-electron chi connectivity index (χ2n) is 4.01. The predicted octanol–water partition coefficient (Wildman–Crippen LogP) is 2.52. The van der Waals surface area contributed by atoms with Gasteiger partial charge in [-0.05, 0) is 12.1 Å². The van der Waals surface area contributed by atoms with Crippen molar-refractivity contribution in [1.82, 2.24) is 0 Å². The molecule has 0 spiro atoms. The Morgan fingerprint density at radius 3 is 2.57 bits per heavy atom. The molecule has 1 aromatic rings. The van der Waals surface area contributed by atoms with Crippen LogP contribution in [0.3, 0.4) is 0 Å². The first kappa shape index (κ1) is 17.3. The molecule has 0 atom stereocenters. The molecule has 0 aliphatic heterocycles. The Morgan fingerprint density at radius 1 is 1.14 bits per heavy atom. The van der Waals surface area contributed by atoms with Crippen LogP contribution in [0.1, 0.15) is 12.0 Å². The number of hydrogen-bond donors (Lipinski definition) is 1. The maximum absolute atomic E-state index is 13.3. The zero-order chi connectivity index (χ0) is 15.7. The van der Waals surface area contributed by atoms with E-state index in [-0.39, 0.29) is 32.0 Å². The Bertz CT molecular complexity index is 503. The molecule has 0 fully saturated rings. The summed E-state index contributed by atoms with van der Waals surface area (Å²) in [5.41, 5.74) is 0.340. The third-order valence-corrected chi connectivity index (χ3v) is 2.15. The van der Waals surface area contributed by atoms with Gasteiger partial charge in [-0.25, -0.2) is 4.39 Å². The molecule has 0 radical (unpaired) electrons. The van der Waals surface area contributed by atoms with Crippen molar-refractivity contribution in [2.24, 2.45) is 0 Å². The van der Waals surface area contributed by atoms with Crippen molar-refractivity contribution in [2.75, 3.05) is 26.4 Å². The van der Waals surface area contributed by atoms with Gasteiger partial charge in [0.05, 0.1) is 13.2 Å². The van der Waals surface area contributed by atoms with Crippen LogP contribution in [-0.2, 0) is 4.74 Å². The second kappa shape index (κ2) is 8.49. The van der Waals surface area contributed by atoms with Gasteiger partial charge in [-0.3, -0.25) is 0 Å². The second-order valence-corrected chi connectivity index (χ2v) is 4.01. The SMILES string of the molecule is OCC#Cc1cc(F)cc(OCCCOCC(F)(F)F)c1. The summed E-state index contributed by atoms with van der Waals surface area (Å²) in [6.45, 7) is -1.66. The largest absolute Gasteiger partial charge is 0.493 e. The highest BCUT2D eigenvalue weighted by atomic mass is 19.4. The molecule has 1 aromatic carbocycles. The van der Waals surface area contributed by atoms with Crippen LogP contribution in [-0.4, -0.2) is 37.7 Å². The van der Waals surface area contributed by atoms with Crippen LogP contribution in [0.2, 0.25) is 0 Å². The van der Waals surface area contributed by atoms with Gasteiger partial charge in [-0.2, -0.15) is 13.2 Å². The number of benzene rings is 1. The highest BCUT2D eigenvalue weighted by Gasteiger charge is 2.27. The quantitative estimate of drug-likeness (QED) is 0.499. The number of ether oxygens (including phenoxy) is 2. The first-order valence-electron chi connectivity index (χ1n) is 6.08. The monoisotopic (exact) mass is 306 g/mol. The molecule has 0 heterocycles. The molecule has 0 bridgehead atoms. The number of aliphatic hydroxyl groups excluding tert-OH is 1. The minimum atomic E-state index is -4.34. The number of hydrogen-bond acceptors (Lipinski definition) is 3. The normalized spacial score (nSPS) is 10.9. The Morgan fingerprint density at radius 2 is 1.90 bits per heavy atom. The van der Waals surface area contributed by atoms with E-state index in [1.165, 1.54) is 12.1 Å². The van der Waals surface area contributed by atoms with Gasteiger partial charge in [0.1, 0.15) is 24.8 Å². The highest BCUT2D eigenvalue weighted by molar-refractivity contribution is 5.40. The number of aliphatic hydroxyl groups is 1. The van der Waals surface area contributed by atoms with E-state index in [0.717, 1.165) is 6.07 Å². The molecule has 0 saturated heterocycles. The van der Waals surface area contributed by atoms with Crippen LogP contribution in [0.25, 0.3) is 0 Å². The van der Waals surface area contributed by atoms with E-state index in [1.807, 2.05) is 0 Å². The van der Waals surface area contributed by atoms with Crippen LogP contribution in [0.15, 0.2) is 18.2 Å². The molecule has 116 valence electrons. The minimum absolute atomic E-state index is 0.0914. The summed E-state index contributed by atoms with van der Waals surface area (Å²) >= 11 is 0. The molecule has 3 nitrogen and oxygen atoms in total. The Hall–Kier alpha value is -1.78. The molecule has 0 unspecified atom stereocenters. The fourth-order valence-electron chi connectivity index (χ4n) is 1.40. The Balaban J connectivity index is 2.36. The third-order valence-electron chi connectivity index (χ3n) is 2.15. The van der Waals surface area contributed by atoms with Gasteiger partial charge < -0.3 is 14.6 Å². The van der Waals surface area contributed by atoms with Gasteiger partial charge in [-0.15, -0.1) is 0 Å². The molecule has 0 aromatic heterocycles. The molecular weight excluding hydrogens is 292 g/mol. The van der Waals surface area contributed by atoms with Gasteiger partial charge in [0.25, 0.3) is 0 Å². The van der Waals surface area contributed by atoms with Crippen molar-refractivity contribution < 1.29 is 32.1 Å². The van der Waals surface area contributed by atoms with E-state index in [4.69, 9.17) is 9.84 Å². The summed E-state index contributed by atoms with van der Waals surface area (Å²) in [5, 5.41) is 8.55. The summed E-state index contributed by atoms with van der Waals surface area (Å²) in [4.78, 5) is 0. The third kappa shape index (κ3) is 8.17. The lowest BCUT2D eigenvalue weighted by Gasteiger charge is -2.09. The van der Waals surface area contributed by atoms with Gasteiger partial charge >= 0.3 is 6.18 Å². The molecule has 0 amide bonds. The minimum Gasteiger partial charge on any atom is -0.493 e. The van der Waals surface area contributed by atoms with Crippen molar-refractivity contribution in [3.05, 3.63) is 29.6 Å². The summed E-state index contributed by atoms with van der Waals surface area (Å²) in [7, 11) is 0. The number of halogens is 4. The van der Waals surface area contributed by atoms with Crippen molar-refractivity contribution in [3.63, 3.8) is 0 Å². The van der Waals surface area contributed by atoms with Crippen LogP contribution in [0, 0.1) is 17.7 Å². The fourth-order valence-corrected chi connectivity index (χ4v) is 1.40. The predicted molar refractivity (Wildman–Crippen MR) is 67.3 cm³/mol. The summed E-state index contributed by atoms with van der Waals surface area (Å²) in [6, 6.07) is 3.80. The van der Waals surface area contributed by atoms with E-state index in [0.29, 0.717) is 5.56 Å². The van der Waals surface area contributed by atoms with Crippen molar-refractivity contribution in [2.45, 2.75) is 12.6 Å². The molecule has 0 aliphatic carbocycles. The molecule has 1 rings (SSSR count). The van der Waals surface area contributed by atoms with E-state index in [2.05, 4.69) is 16.6 Å². The smallest absolute Gasteiger partial charge is 0.411 e. The van der Waals surface area contributed by atoms with Gasteiger partial charge in [0, 0.05) is 18.1 Å². The van der Waals surface area contributed by atoms with Crippen molar-refractivity contribution in [3.8, 4) is 17.6 Å². The van der Waals surface area contributed by atoms with E-state index < -0.39 is 18.6 Å². The zero-order valence-electron chi connectivity index (χ0n) is 11.0. The lowest BCUT2D eigenvalue weighted by Crippen LogP contribution is -2.18. The summed E-state index contributed by atoms with van der Waals surface area (Å²) in [6.07, 6.45) is -4.10. The molecule has 7 heteroatoms. The topological polar surface area (TPSA) is 38.7 Å². The molecule has 1 N–H and O–H groups in total. The molecule has 0 saturated carbocycles. The average Bonchev–Trinajstić information content (AvgIpc) is 2.38. The van der Waals surface area contributed by atoms with E-state index >= 15 is 0 Å². The first-order valence-corrected chi connectivity index (χ1v) is 6.08. The van der Waals surface area contributed by atoms with Gasteiger partial charge in [0.15, 0.2) is 0 Å². The lowest BCUT2D eigenvalue weighted by molar-refractivity contribution is -0.174. The number of rotatable bonds is 6. The number of alkyl halides is 3. The van der Waals surface area contributed by atoms with Crippen molar-refractivity contribution >= 4 is 0 Å². The standard InChI is InChI=1S/C14H14F4O3/c15-12-7-11(3-1-4-19)8-13(9-12)21-6-2-5-20-10-14(16,17)18/h7-9,19H,2,4-6,10H2. The van der Waals surface area contributed by atoms with Gasteiger partial charge in [-0.1, -0.05) is 11.8 Å². The van der Waals surface area contributed by atoms with Crippen molar-refractivity contribution in [1.29, 1.82) is 0 Å². The lowest BCUT2D eigenvalue weighted by atomic mass is 10.2. The van der Waals surface area contributed by atoms with Crippen LogP contribution in [0.4, 0.5) is 17.6 Å². The maximum atomic E-state index is 13.3. The summed E-state index contributed by atoms with van der Waals surface area (Å²) < 4.78 is 58.2. The van der Waals surface area contributed by atoms with Gasteiger partial charge in [0.2, 0.25) is 0 Å². The molecular formula is C14H14F4O3. The Labute approximate surface area is 119 Å². The molecule has 21 heavy (non-hydrogen) atoms. The van der Waals surface area contributed by atoms with Crippen LogP contribution >= 0.6 is 0 Å². The Kier molecular flexibility index (Phi) is 6.99. The van der Waals surface area contributed by atoms with Crippen LogP contribution in [0.5, 0.6) is 5.75 Å². The zero-order valence-corrected chi connectivity index (χ0v) is 11.0. The highest BCUT2D eigenvalue weighted by Crippen LogP contribution is 2.17. The van der Waals surface area contributed by atoms with E-state index in [9.17, 15) is 17.6 Å². The maximum Gasteiger partial charge on any atom is 0.411 e. The summed E-state index contributed by atoms with van der Waals surface area (Å²) in [5.74, 6) is 4.57. The van der Waals surface area contributed by atoms with Crippen LogP contribution < -0.4 is 4.74 Å². The fraction of sp³-hybridized carbons (Fsp3) is 0.429.